The van der Waals surface area contributed by atoms with Crippen LogP contribution in [0.4, 0.5) is 17.1 Å². The van der Waals surface area contributed by atoms with Crippen molar-refractivity contribution in [1.29, 1.82) is 0 Å². The molecule has 0 amide bonds. The van der Waals surface area contributed by atoms with Crippen LogP contribution in [0.25, 0.3) is 6.08 Å². The molecule has 0 saturated heterocycles. The lowest BCUT2D eigenvalue weighted by molar-refractivity contribution is -0.384. The van der Waals surface area contributed by atoms with Crippen LogP contribution in [0.5, 0.6) is 0 Å². The van der Waals surface area contributed by atoms with Crippen LogP contribution in [-0.2, 0) is 6.67 Å². The molecule has 9 heteroatoms. The Labute approximate surface area is 183 Å². The number of thiazole rings is 1. The van der Waals surface area contributed by atoms with Crippen molar-refractivity contribution < 1.29 is 4.92 Å². The molecule has 0 unspecified atom stereocenters. The summed E-state index contributed by atoms with van der Waals surface area (Å²) in [5.41, 5.74) is 2.88. The van der Waals surface area contributed by atoms with E-state index in [1.165, 1.54) is 23.5 Å². The second kappa shape index (κ2) is 8.73. The minimum atomic E-state index is -0.428. The lowest BCUT2D eigenvalue weighted by atomic mass is 10.2. The van der Waals surface area contributed by atoms with Crippen LogP contribution in [0.15, 0.2) is 58.3 Å². The average molecular weight is 438 g/mol. The van der Waals surface area contributed by atoms with Gasteiger partial charge < -0.3 is 9.80 Å². The van der Waals surface area contributed by atoms with Crippen molar-refractivity contribution in [2.24, 2.45) is 4.99 Å². The highest BCUT2D eigenvalue weighted by Crippen LogP contribution is 2.20. The van der Waals surface area contributed by atoms with Gasteiger partial charge in [-0.05, 0) is 49.8 Å². The Balaban J connectivity index is 1.59. The molecule has 0 fully saturated rings. The van der Waals surface area contributed by atoms with E-state index < -0.39 is 4.92 Å². The van der Waals surface area contributed by atoms with E-state index in [-0.39, 0.29) is 11.2 Å². The van der Waals surface area contributed by atoms with Crippen molar-refractivity contribution in [3.8, 4) is 0 Å². The van der Waals surface area contributed by atoms with Crippen LogP contribution in [0.3, 0.4) is 0 Å². The Morgan fingerprint density at radius 3 is 2.42 bits per heavy atom. The largest absolute Gasteiger partial charge is 0.372 e. The Hall–Kier alpha value is -3.46. The molecule has 2 aromatic carbocycles. The van der Waals surface area contributed by atoms with Crippen LogP contribution < -0.4 is 24.7 Å². The fourth-order valence-corrected chi connectivity index (χ4v) is 4.54. The minimum absolute atomic E-state index is 0.0370. The summed E-state index contributed by atoms with van der Waals surface area (Å²) in [7, 11) is 0. The van der Waals surface area contributed by atoms with E-state index >= 15 is 0 Å². The molecule has 1 aliphatic heterocycles. The Morgan fingerprint density at radius 1 is 1.13 bits per heavy atom. The predicted octanol–water partition coefficient (Wildman–Crippen LogP) is 2.55. The van der Waals surface area contributed by atoms with Gasteiger partial charge in [-0.3, -0.25) is 19.5 Å². The lowest BCUT2D eigenvalue weighted by Gasteiger charge is -2.25. The maximum absolute atomic E-state index is 13.0. The van der Waals surface area contributed by atoms with Gasteiger partial charge in [0.05, 0.1) is 9.46 Å². The normalized spacial score (nSPS) is 13.6. The van der Waals surface area contributed by atoms with Crippen LogP contribution >= 0.6 is 11.3 Å². The molecule has 1 aromatic heterocycles. The number of benzene rings is 2. The summed E-state index contributed by atoms with van der Waals surface area (Å²) in [6.07, 6.45) is 1.90. The monoisotopic (exact) mass is 437 g/mol. The van der Waals surface area contributed by atoms with Gasteiger partial charge in [-0.1, -0.05) is 23.5 Å². The number of nitro groups is 1. The van der Waals surface area contributed by atoms with Gasteiger partial charge in [0.15, 0.2) is 4.80 Å². The van der Waals surface area contributed by atoms with Crippen LogP contribution in [0.2, 0.25) is 0 Å². The zero-order valence-electron chi connectivity index (χ0n) is 17.4. The van der Waals surface area contributed by atoms with Gasteiger partial charge in [-0.2, -0.15) is 0 Å². The van der Waals surface area contributed by atoms with E-state index in [1.54, 1.807) is 16.7 Å². The molecule has 0 spiro atoms. The number of hydrogen-bond donors (Lipinski definition) is 0. The minimum Gasteiger partial charge on any atom is -0.372 e. The smallest absolute Gasteiger partial charge is 0.271 e. The molecule has 0 radical (unpaired) electrons. The fourth-order valence-electron chi connectivity index (χ4n) is 3.58. The molecule has 2 heterocycles. The first-order valence-corrected chi connectivity index (χ1v) is 10.9. The number of fused-ring (bicyclic) bond motifs is 1. The highest BCUT2D eigenvalue weighted by atomic mass is 32.1. The number of anilines is 2. The molecule has 0 saturated carbocycles. The third kappa shape index (κ3) is 4.22. The summed E-state index contributed by atoms with van der Waals surface area (Å²) in [4.78, 5) is 32.8. The fraction of sp³-hybridized carbons (Fsp3) is 0.273. The van der Waals surface area contributed by atoms with Crippen LogP contribution in [0, 0.1) is 10.1 Å². The molecule has 3 aromatic rings. The number of hydrogen-bond acceptors (Lipinski definition) is 7. The first-order chi connectivity index (χ1) is 15.0. The van der Waals surface area contributed by atoms with E-state index in [2.05, 4.69) is 35.9 Å². The summed E-state index contributed by atoms with van der Waals surface area (Å²) in [6.45, 7) is 6.92. The van der Waals surface area contributed by atoms with Gasteiger partial charge in [-0.25, -0.2) is 4.99 Å². The Kier molecular flexibility index (Phi) is 5.85. The predicted molar refractivity (Wildman–Crippen MR) is 123 cm³/mol. The molecule has 4 rings (SSSR count). The van der Waals surface area contributed by atoms with Crippen molar-refractivity contribution >= 4 is 34.5 Å². The maximum Gasteiger partial charge on any atom is 0.271 e. The van der Waals surface area contributed by atoms with E-state index in [0.717, 1.165) is 30.0 Å². The van der Waals surface area contributed by atoms with E-state index in [4.69, 9.17) is 0 Å². The average Bonchev–Trinajstić information content (AvgIpc) is 3.10. The highest BCUT2D eigenvalue weighted by Gasteiger charge is 2.17. The topological polar surface area (TPSA) is 84.0 Å². The van der Waals surface area contributed by atoms with Gasteiger partial charge >= 0.3 is 0 Å². The SMILES string of the molecule is CCN(CC)c1ccc(/C=c2\sc3n(c2=O)CN(c2ccc([N+](=O)[O-])cc2)CN=3)cc1. The molecule has 0 N–H and O–H groups in total. The zero-order valence-corrected chi connectivity index (χ0v) is 18.2. The summed E-state index contributed by atoms with van der Waals surface area (Å²) in [5, 5.41) is 10.9. The molecule has 31 heavy (non-hydrogen) atoms. The zero-order chi connectivity index (χ0) is 22.0. The number of non-ortho nitro benzene ring substituents is 1. The van der Waals surface area contributed by atoms with Crippen molar-refractivity contribution in [2.75, 3.05) is 29.6 Å². The maximum atomic E-state index is 13.0. The van der Waals surface area contributed by atoms with Gasteiger partial charge in [0.2, 0.25) is 0 Å². The number of aromatic nitrogens is 1. The molecule has 1 aliphatic rings. The Morgan fingerprint density at radius 2 is 1.81 bits per heavy atom. The van der Waals surface area contributed by atoms with Gasteiger partial charge in [0.1, 0.15) is 13.3 Å². The highest BCUT2D eigenvalue weighted by molar-refractivity contribution is 7.07. The first kappa shape index (κ1) is 20.8. The van der Waals surface area contributed by atoms with Gasteiger partial charge in [-0.15, -0.1) is 0 Å². The molecule has 0 aliphatic carbocycles. The molecule has 0 bridgehead atoms. The third-order valence-electron chi connectivity index (χ3n) is 5.32. The van der Waals surface area contributed by atoms with Crippen LogP contribution in [0.1, 0.15) is 19.4 Å². The second-order valence-electron chi connectivity index (χ2n) is 7.14. The molecular weight excluding hydrogens is 414 g/mol. The molecule has 8 nitrogen and oxygen atoms in total. The lowest BCUT2D eigenvalue weighted by Crippen LogP contribution is -2.42. The molecule has 160 valence electrons. The number of rotatable bonds is 6. The van der Waals surface area contributed by atoms with Crippen molar-refractivity contribution in [3.63, 3.8) is 0 Å². The van der Waals surface area contributed by atoms with Gasteiger partial charge in [0.25, 0.3) is 11.2 Å². The van der Waals surface area contributed by atoms with Crippen molar-refractivity contribution in [1.82, 2.24) is 4.57 Å². The number of nitrogens with zero attached hydrogens (tertiary/aromatic N) is 5. The summed E-state index contributed by atoms with van der Waals surface area (Å²) in [6, 6.07) is 14.5. The van der Waals surface area contributed by atoms with E-state index in [1.807, 2.05) is 23.1 Å². The first-order valence-electron chi connectivity index (χ1n) is 10.1. The van der Waals surface area contributed by atoms with E-state index in [0.29, 0.717) is 22.7 Å². The molecular formula is C22H23N5O3S. The third-order valence-corrected chi connectivity index (χ3v) is 6.37. The second-order valence-corrected chi connectivity index (χ2v) is 8.15. The van der Waals surface area contributed by atoms with Crippen LogP contribution in [-0.4, -0.2) is 29.2 Å². The van der Waals surface area contributed by atoms with Crippen molar-refractivity contribution in [3.05, 3.63) is 83.9 Å². The molecule has 0 atom stereocenters. The standard InChI is InChI=1S/C22H23N5O3S/c1-3-24(4-2)17-7-5-16(6-8-17)13-20-21(28)26-15-25(14-23-22(26)31-20)18-9-11-19(12-10-18)27(29)30/h5-13H,3-4,14-15H2,1-2H3/b20-13-. The quantitative estimate of drug-likeness (QED) is 0.437. The number of nitro benzene ring substituents is 1. The van der Waals surface area contributed by atoms with Crippen molar-refractivity contribution in [2.45, 2.75) is 20.5 Å². The summed E-state index contributed by atoms with van der Waals surface area (Å²) in [5.74, 6) is 0. The summed E-state index contributed by atoms with van der Waals surface area (Å²) < 4.78 is 2.28. The Bertz CT molecular complexity index is 1260. The van der Waals surface area contributed by atoms with Gasteiger partial charge in [0, 0.05) is 36.6 Å². The van der Waals surface area contributed by atoms with E-state index in [9.17, 15) is 14.9 Å². The summed E-state index contributed by atoms with van der Waals surface area (Å²) >= 11 is 1.38.